The lowest BCUT2D eigenvalue weighted by atomic mass is 10.0. The molecular weight excluding hydrogens is 705 g/mol. The Bertz CT molecular complexity index is 3490. The Hall–Kier alpha value is -7.82. The van der Waals surface area contributed by atoms with Crippen molar-refractivity contribution in [2.75, 3.05) is 0 Å². The fraction of sp³-hybridized carbons (Fsp3) is 0. The molecule has 0 N–H and O–H groups in total. The van der Waals surface area contributed by atoms with Crippen LogP contribution in [0.25, 0.3) is 111 Å². The predicted octanol–water partition coefficient (Wildman–Crippen LogP) is 14.0. The van der Waals surface area contributed by atoms with Crippen molar-refractivity contribution in [3.63, 3.8) is 0 Å². The van der Waals surface area contributed by atoms with Crippen LogP contribution in [0.4, 0.5) is 0 Å². The third kappa shape index (κ3) is 5.09. The molecule has 4 heterocycles. The van der Waals surface area contributed by atoms with Crippen LogP contribution < -0.4 is 0 Å². The van der Waals surface area contributed by atoms with Crippen molar-refractivity contribution in [2.24, 2.45) is 0 Å². The molecule has 0 aliphatic carbocycles. The quantitative estimate of drug-likeness (QED) is 0.165. The van der Waals surface area contributed by atoms with Crippen molar-refractivity contribution in [3.8, 4) is 50.7 Å². The number of benzene rings is 8. The normalized spacial score (nSPS) is 11.8. The largest absolute Gasteiger partial charge is 0.309 e. The summed E-state index contributed by atoms with van der Waals surface area (Å²) in [6, 6.07) is 73.8. The minimum atomic E-state index is 0.688. The Morgan fingerprint density at radius 3 is 1.59 bits per heavy atom. The number of hydrogen-bond acceptors (Lipinski definition) is 2. The van der Waals surface area contributed by atoms with E-state index in [4.69, 9.17) is 9.97 Å². The fourth-order valence-electron chi connectivity index (χ4n) is 8.98. The van der Waals surface area contributed by atoms with Crippen LogP contribution in [0.15, 0.2) is 206 Å². The summed E-state index contributed by atoms with van der Waals surface area (Å²) in [7, 11) is 0. The molecule has 0 saturated carbocycles. The summed E-state index contributed by atoms with van der Waals surface area (Å²) in [5.74, 6) is 0.688. The molecule has 0 aliphatic heterocycles. The molecule has 12 rings (SSSR count). The zero-order chi connectivity index (χ0) is 38.2. The molecule has 0 spiro atoms. The first-order valence-corrected chi connectivity index (χ1v) is 19.7. The first-order valence-electron chi connectivity index (χ1n) is 19.7. The van der Waals surface area contributed by atoms with Crippen molar-refractivity contribution in [1.29, 1.82) is 0 Å². The number of rotatable bonds is 5. The van der Waals surface area contributed by atoms with Gasteiger partial charge in [-0.2, -0.15) is 0 Å². The molecular formula is C54H34N4. The van der Waals surface area contributed by atoms with Gasteiger partial charge >= 0.3 is 0 Å². The van der Waals surface area contributed by atoms with Crippen LogP contribution in [0.2, 0.25) is 0 Å². The topological polar surface area (TPSA) is 35.1 Å². The van der Waals surface area contributed by atoms with Gasteiger partial charge in [0.15, 0.2) is 5.82 Å². The highest BCUT2D eigenvalue weighted by atomic mass is 15.0. The third-order valence-electron chi connectivity index (χ3n) is 11.7. The van der Waals surface area contributed by atoms with Gasteiger partial charge in [-0.25, -0.2) is 9.97 Å². The SMILES string of the molecule is c1ccc(-c2ccc3c(c2)c2cc4cc5c6ccccc6c6ccccc6n5c4cc2n3-c2cccc(-c3nc(-c4ccccc4)cc(-c4ccccc4)n3)c2)cc1. The lowest BCUT2D eigenvalue weighted by molar-refractivity contribution is 1.16. The van der Waals surface area contributed by atoms with E-state index in [0.29, 0.717) is 5.82 Å². The Labute approximate surface area is 334 Å². The first-order chi connectivity index (χ1) is 28.7. The number of pyridine rings is 1. The molecule has 8 aromatic carbocycles. The molecule has 12 aromatic rings. The minimum Gasteiger partial charge on any atom is -0.309 e. The van der Waals surface area contributed by atoms with Crippen molar-refractivity contribution >= 4 is 59.9 Å². The van der Waals surface area contributed by atoms with E-state index in [2.05, 4.69) is 203 Å². The first kappa shape index (κ1) is 32.4. The second-order valence-electron chi connectivity index (χ2n) is 15.0. The van der Waals surface area contributed by atoms with Gasteiger partial charge in [0.2, 0.25) is 0 Å². The zero-order valence-corrected chi connectivity index (χ0v) is 31.4. The van der Waals surface area contributed by atoms with Crippen LogP contribution in [0.1, 0.15) is 0 Å². The van der Waals surface area contributed by atoms with Crippen LogP contribution in [0, 0.1) is 0 Å². The third-order valence-corrected chi connectivity index (χ3v) is 11.7. The van der Waals surface area contributed by atoms with E-state index in [1.165, 1.54) is 60.0 Å². The maximum atomic E-state index is 5.19. The lowest BCUT2D eigenvalue weighted by Gasteiger charge is -2.13. The molecule has 0 aliphatic rings. The van der Waals surface area contributed by atoms with E-state index in [9.17, 15) is 0 Å². The number of aromatic nitrogens is 4. The molecule has 0 unspecified atom stereocenters. The van der Waals surface area contributed by atoms with E-state index in [-0.39, 0.29) is 0 Å². The summed E-state index contributed by atoms with van der Waals surface area (Å²) >= 11 is 0. The van der Waals surface area contributed by atoms with Crippen LogP contribution in [0.5, 0.6) is 0 Å². The number of nitrogens with zero attached hydrogens (tertiary/aromatic N) is 4. The van der Waals surface area contributed by atoms with Crippen molar-refractivity contribution in [1.82, 2.24) is 18.9 Å². The van der Waals surface area contributed by atoms with Crippen molar-refractivity contribution in [3.05, 3.63) is 206 Å². The van der Waals surface area contributed by atoms with Crippen LogP contribution >= 0.6 is 0 Å². The second kappa shape index (κ2) is 12.9. The van der Waals surface area contributed by atoms with Crippen molar-refractivity contribution < 1.29 is 0 Å². The number of para-hydroxylation sites is 1. The van der Waals surface area contributed by atoms with E-state index in [1.54, 1.807) is 0 Å². The van der Waals surface area contributed by atoms with Gasteiger partial charge in [-0.15, -0.1) is 0 Å². The second-order valence-corrected chi connectivity index (χ2v) is 15.0. The molecule has 0 amide bonds. The molecule has 4 heteroatoms. The van der Waals surface area contributed by atoms with Crippen LogP contribution in [-0.2, 0) is 0 Å². The molecule has 0 saturated heterocycles. The summed E-state index contributed by atoms with van der Waals surface area (Å²) in [4.78, 5) is 10.4. The molecule has 0 radical (unpaired) electrons. The van der Waals surface area contributed by atoms with Crippen molar-refractivity contribution in [2.45, 2.75) is 0 Å². The highest BCUT2D eigenvalue weighted by molar-refractivity contribution is 6.19. The molecule has 4 nitrogen and oxygen atoms in total. The van der Waals surface area contributed by atoms with Gasteiger partial charge in [0.05, 0.1) is 39.0 Å². The van der Waals surface area contributed by atoms with Gasteiger partial charge in [-0.1, -0.05) is 152 Å². The zero-order valence-electron chi connectivity index (χ0n) is 31.4. The number of hydrogen-bond donors (Lipinski definition) is 0. The Morgan fingerprint density at radius 2 is 0.879 bits per heavy atom. The van der Waals surface area contributed by atoms with E-state index in [1.807, 2.05) is 12.1 Å². The van der Waals surface area contributed by atoms with Crippen LogP contribution in [0.3, 0.4) is 0 Å². The molecule has 0 bridgehead atoms. The van der Waals surface area contributed by atoms with Crippen LogP contribution in [-0.4, -0.2) is 18.9 Å². The van der Waals surface area contributed by atoms with E-state index < -0.39 is 0 Å². The van der Waals surface area contributed by atoms with Gasteiger partial charge in [0, 0.05) is 49.3 Å². The molecule has 4 aromatic heterocycles. The van der Waals surface area contributed by atoms with Gasteiger partial charge < -0.3 is 8.97 Å². The Balaban J connectivity index is 1.13. The summed E-state index contributed by atoms with van der Waals surface area (Å²) in [5, 5.41) is 7.40. The minimum absolute atomic E-state index is 0.688. The van der Waals surface area contributed by atoms with Gasteiger partial charge in [-0.3, -0.25) is 0 Å². The lowest BCUT2D eigenvalue weighted by Crippen LogP contribution is -1.98. The van der Waals surface area contributed by atoms with Gasteiger partial charge in [-0.05, 0) is 71.1 Å². The predicted molar refractivity (Wildman–Crippen MR) is 242 cm³/mol. The summed E-state index contributed by atoms with van der Waals surface area (Å²) in [6.07, 6.45) is 0. The van der Waals surface area contributed by atoms with Gasteiger partial charge in [0.25, 0.3) is 0 Å². The Morgan fingerprint density at radius 1 is 0.293 bits per heavy atom. The average molecular weight is 739 g/mol. The van der Waals surface area contributed by atoms with E-state index >= 15 is 0 Å². The maximum absolute atomic E-state index is 5.19. The molecule has 0 atom stereocenters. The standard InChI is InChI=1S/C54H34N4/c1-4-15-35(16-5-1)38-27-28-50-45(30-38)46-31-40-32-52-44-25-11-10-23-42(44)43-24-12-13-26-49(43)58(52)51(40)34-53(46)57(50)41-22-14-21-39(29-41)54-55-47(36-17-6-2-7-18-36)33-48(56-54)37-19-8-3-9-20-37/h1-34H. The molecule has 0 fully saturated rings. The smallest absolute Gasteiger partial charge is 0.160 e. The molecule has 58 heavy (non-hydrogen) atoms. The fourth-order valence-corrected chi connectivity index (χ4v) is 8.98. The van der Waals surface area contributed by atoms with Gasteiger partial charge in [0.1, 0.15) is 0 Å². The van der Waals surface area contributed by atoms with E-state index in [0.717, 1.165) is 44.8 Å². The summed E-state index contributed by atoms with van der Waals surface area (Å²) < 4.78 is 4.87. The summed E-state index contributed by atoms with van der Waals surface area (Å²) in [5.41, 5.74) is 14.2. The average Bonchev–Trinajstić information content (AvgIpc) is 3.84. The monoisotopic (exact) mass is 738 g/mol. The number of fused-ring (bicyclic) bond motifs is 11. The molecule has 270 valence electrons. The maximum Gasteiger partial charge on any atom is 0.160 e. The summed E-state index contributed by atoms with van der Waals surface area (Å²) in [6.45, 7) is 0. The Kier molecular flexibility index (Phi) is 7.20. The highest BCUT2D eigenvalue weighted by Crippen LogP contribution is 2.41. The highest BCUT2D eigenvalue weighted by Gasteiger charge is 2.19.